The normalized spacial score (nSPS) is 10.4. The van der Waals surface area contributed by atoms with Gasteiger partial charge in [-0.1, -0.05) is 49.2 Å². The van der Waals surface area contributed by atoms with Gasteiger partial charge in [-0.15, -0.1) is 12.4 Å². The maximum atomic E-state index is 12.5. The van der Waals surface area contributed by atoms with E-state index in [-0.39, 0.29) is 30.8 Å². The van der Waals surface area contributed by atoms with Gasteiger partial charge in [0.25, 0.3) is 0 Å². The van der Waals surface area contributed by atoms with Crippen LogP contribution in [-0.2, 0) is 0 Å². The maximum Gasteiger partial charge on any atom is 0.176 e. The minimum absolute atomic E-state index is 0. The number of hydrogen-bond donors (Lipinski definition) is 1. The standard InChI is InChI=1S/C25H27NO3.ClH/c1-17(2)26-16-23(27)20-9-14-24(28-21-10-5-18(3)6-11-21)25(15-20)29-22-12-7-19(4)8-13-22;/h5-15,17,26H,16H2,1-4H3;1H. The summed E-state index contributed by atoms with van der Waals surface area (Å²) >= 11 is 0. The van der Waals surface area contributed by atoms with Gasteiger partial charge in [0.2, 0.25) is 0 Å². The van der Waals surface area contributed by atoms with Crippen LogP contribution in [0.3, 0.4) is 0 Å². The van der Waals surface area contributed by atoms with Crippen molar-refractivity contribution in [3.8, 4) is 23.0 Å². The second kappa shape index (κ2) is 10.8. The zero-order valence-corrected chi connectivity index (χ0v) is 18.6. The minimum atomic E-state index is 0. The van der Waals surface area contributed by atoms with Crippen molar-refractivity contribution in [3.05, 3.63) is 83.4 Å². The Morgan fingerprint density at radius 2 is 1.30 bits per heavy atom. The highest BCUT2D eigenvalue weighted by atomic mass is 35.5. The molecule has 3 rings (SSSR count). The number of halogens is 1. The zero-order valence-electron chi connectivity index (χ0n) is 17.8. The number of ketones is 1. The van der Waals surface area contributed by atoms with Crippen LogP contribution in [0.15, 0.2) is 66.7 Å². The largest absolute Gasteiger partial charge is 0.453 e. The van der Waals surface area contributed by atoms with Gasteiger partial charge in [-0.3, -0.25) is 4.79 Å². The molecule has 0 radical (unpaired) electrons. The lowest BCUT2D eigenvalue weighted by Crippen LogP contribution is -2.29. The molecule has 158 valence electrons. The molecule has 0 amide bonds. The van der Waals surface area contributed by atoms with Crippen LogP contribution < -0.4 is 14.8 Å². The van der Waals surface area contributed by atoms with Crippen molar-refractivity contribution < 1.29 is 14.3 Å². The van der Waals surface area contributed by atoms with Gasteiger partial charge in [0.15, 0.2) is 17.3 Å². The number of benzene rings is 3. The number of nitrogens with one attached hydrogen (secondary N) is 1. The molecule has 0 saturated heterocycles. The molecule has 0 aliphatic heterocycles. The van der Waals surface area contributed by atoms with Crippen LogP contribution in [0.5, 0.6) is 23.0 Å². The first kappa shape index (κ1) is 23.5. The third-order valence-electron chi connectivity index (χ3n) is 4.43. The summed E-state index contributed by atoms with van der Waals surface area (Å²) in [6.45, 7) is 8.35. The lowest BCUT2D eigenvalue weighted by atomic mass is 10.1. The van der Waals surface area contributed by atoms with Gasteiger partial charge in [0.1, 0.15) is 11.5 Å². The van der Waals surface area contributed by atoms with Crippen molar-refractivity contribution in [2.45, 2.75) is 33.7 Å². The fraction of sp³-hybridized carbons (Fsp3) is 0.240. The Hall–Kier alpha value is -2.82. The number of carbonyl (C=O) groups excluding carboxylic acids is 1. The van der Waals surface area contributed by atoms with E-state index < -0.39 is 0 Å². The Kier molecular flexibility index (Phi) is 8.46. The van der Waals surface area contributed by atoms with Crippen molar-refractivity contribution in [1.29, 1.82) is 0 Å². The maximum absolute atomic E-state index is 12.5. The van der Waals surface area contributed by atoms with Crippen LogP contribution in [0.1, 0.15) is 35.3 Å². The number of aryl methyl sites for hydroxylation is 2. The fourth-order valence-corrected chi connectivity index (χ4v) is 2.71. The summed E-state index contributed by atoms with van der Waals surface area (Å²) in [4.78, 5) is 12.5. The first-order chi connectivity index (χ1) is 13.9. The van der Waals surface area contributed by atoms with Crippen molar-refractivity contribution in [1.82, 2.24) is 5.32 Å². The molecule has 5 heteroatoms. The van der Waals surface area contributed by atoms with Gasteiger partial charge in [0.05, 0.1) is 6.54 Å². The average Bonchev–Trinajstić information content (AvgIpc) is 2.70. The van der Waals surface area contributed by atoms with Gasteiger partial charge in [0, 0.05) is 11.6 Å². The van der Waals surface area contributed by atoms with E-state index >= 15 is 0 Å². The van der Waals surface area contributed by atoms with Crippen molar-refractivity contribution in [2.24, 2.45) is 0 Å². The average molecular weight is 426 g/mol. The Morgan fingerprint density at radius 1 is 0.800 bits per heavy atom. The molecule has 30 heavy (non-hydrogen) atoms. The van der Waals surface area contributed by atoms with Gasteiger partial charge in [-0.25, -0.2) is 0 Å². The van der Waals surface area contributed by atoms with E-state index in [4.69, 9.17) is 9.47 Å². The molecule has 0 aromatic heterocycles. The van der Waals surface area contributed by atoms with Gasteiger partial charge in [-0.2, -0.15) is 0 Å². The molecule has 3 aromatic rings. The third kappa shape index (κ3) is 6.61. The molecular weight excluding hydrogens is 398 g/mol. The van der Waals surface area contributed by atoms with E-state index in [0.717, 1.165) is 11.1 Å². The second-order valence-electron chi connectivity index (χ2n) is 7.45. The molecule has 0 saturated carbocycles. The molecule has 0 aliphatic rings. The molecule has 0 heterocycles. The molecular formula is C25H28ClNO3. The molecule has 3 aromatic carbocycles. The summed E-state index contributed by atoms with van der Waals surface area (Å²) in [7, 11) is 0. The van der Waals surface area contributed by atoms with Crippen LogP contribution in [0, 0.1) is 13.8 Å². The number of rotatable bonds is 8. The lowest BCUT2D eigenvalue weighted by Gasteiger charge is -2.14. The van der Waals surface area contributed by atoms with Gasteiger partial charge in [-0.05, 0) is 56.3 Å². The smallest absolute Gasteiger partial charge is 0.176 e. The highest BCUT2D eigenvalue weighted by Gasteiger charge is 2.14. The summed E-state index contributed by atoms with van der Waals surface area (Å²) in [6, 6.07) is 21.1. The van der Waals surface area contributed by atoms with Crippen LogP contribution in [-0.4, -0.2) is 18.4 Å². The number of hydrogen-bond acceptors (Lipinski definition) is 4. The highest BCUT2D eigenvalue weighted by molar-refractivity contribution is 5.98. The molecule has 0 atom stereocenters. The summed E-state index contributed by atoms with van der Waals surface area (Å²) in [5.74, 6) is 2.47. The van der Waals surface area contributed by atoms with E-state index in [0.29, 0.717) is 28.6 Å². The molecule has 0 spiro atoms. The summed E-state index contributed by atoms with van der Waals surface area (Å²) in [6.07, 6.45) is 0. The quantitative estimate of drug-likeness (QED) is 0.419. The Morgan fingerprint density at radius 3 is 1.80 bits per heavy atom. The number of Topliss-reactive ketones (excluding diaryl/α,β-unsaturated/α-hetero) is 1. The van der Waals surface area contributed by atoms with Gasteiger partial charge < -0.3 is 14.8 Å². The Balaban J connectivity index is 0.00000320. The summed E-state index contributed by atoms with van der Waals surface area (Å²) < 4.78 is 12.1. The molecule has 0 fully saturated rings. The number of ether oxygens (including phenoxy) is 2. The van der Waals surface area contributed by atoms with E-state index in [9.17, 15) is 4.79 Å². The second-order valence-corrected chi connectivity index (χ2v) is 7.45. The lowest BCUT2D eigenvalue weighted by molar-refractivity contribution is 0.0988. The first-order valence-corrected chi connectivity index (χ1v) is 9.80. The fourth-order valence-electron chi connectivity index (χ4n) is 2.71. The Bertz CT molecular complexity index is 967. The van der Waals surface area contributed by atoms with Crippen LogP contribution in [0.4, 0.5) is 0 Å². The van der Waals surface area contributed by atoms with E-state index in [1.807, 2.05) is 76.2 Å². The van der Waals surface area contributed by atoms with Crippen molar-refractivity contribution in [3.63, 3.8) is 0 Å². The Labute approximate surface area is 184 Å². The molecule has 0 bridgehead atoms. The number of carbonyl (C=O) groups is 1. The monoisotopic (exact) mass is 425 g/mol. The predicted molar refractivity (Wildman–Crippen MR) is 124 cm³/mol. The van der Waals surface area contributed by atoms with E-state index in [2.05, 4.69) is 5.32 Å². The third-order valence-corrected chi connectivity index (χ3v) is 4.43. The topological polar surface area (TPSA) is 47.6 Å². The summed E-state index contributed by atoms with van der Waals surface area (Å²) in [5.41, 5.74) is 2.89. The van der Waals surface area contributed by atoms with E-state index in [1.165, 1.54) is 0 Å². The van der Waals surface area contributed by atoms with E-state index in [1.54, 1.807) is 18.2 Å². The van der Waals surface area contributed by atoms with Crippen LogP contribution >= 0.6 is 12.4 Å². The highest BCUT2D eigenvalue weighted by Crippen LogP contribution is 2.36. The van der Waals surface area contributed by atoms with Crippen molar-refractivity contribution >= 4 is 18.2 Å². The molecule has 1 N–H and O–H groups in total. The summed E-state index contributed by atoms with van der Waals surface area (Å²) in [5, 5.41) is 3.16. The minimum Gasteiger partial charge on any atom is -0.453 e. The van der Waals surface area contributed by atoms with Crippen LogP contribution in [0.2, 0.25) is 0 Å². The van der Waals surface area contributed by atoms with Gasteiger partial charge >= 0.3 is 0 Å². The zero-order chi connectivity index (χ0) is 20.8. The SMILES string of the molecule is Cc1ccc(Oc2ccc(C(=O)CNC(C)C)cc2Oc2ccc(C)cc2)cc1.Cl. The predicted octanol–water partition coefficient (Wildman–Crippen LogP) is 6.49. The van der Waals surface area contributed by atoms with Crippen LogP contribution in [0.25, 0.3) is 0 Å². The molecule has 0 aliphatic carbocycles. The molecule has 0 unspecified atom stereocenters. The van der Waals surface area contributed by atoms with Crippen molar-refractivity contribution in [2.75, 3.05) is 6.54 Å². The molecule has 4 nitrogen and oxygen atoms in total. The first-order valence-electron chi connectivity index (χ1n) is 9.80.